The number of hydrogen-bond donors (Lipinski definition) is 1. The number of rotatable bonds is 39. The van der Waals surface area contributed by atoms with E-state index < -0.39 is 18.1 Å². The molecule has 1 N–H and O–H groups in total. The fourth-order valence-electron chi connectivity index (χ4n) is 6.34. The van der Waals surface area contributed by atoms with Gasteiger partial charge in [-0.15, -0.1) is 0 Å². The van der Waals surface area contributed by atoms with Crippen molar-refractivity contribution in [3.8, 4) is 0 Å². The van der Waals surface area contributed by atoms with Gasteiger partial charge < -0.3 is 23.8 Å². The summed E-state index contributed by atoms with van der Waals surface area (Å²) in [6.07, 6.45) is 44.3. The lowest BCUT2D eigenvalue weighted by Crippen LogP contribution is -2.50. The Morgan fingerprint density at radius 2 is 0.964 bits per heavy atom. The average molecular weight is 775 g/mol. The van der Waals surface area contributed by atoms with E-state index in [1.165, 1.54) is 83.5 Å². The Morgan fingerprint density at radius 1 is 0.545 bits per heavy atom. The van der Waals surface area contributed by atoms with Crippen LogP contribution in [0.2, 0.25) is 0 Å². The van der Waals surface area contributed by atoms with Gasteiger partial charge in [-0.2, -0.15) is 0 Å². The van der Waals surface area contributed by atoms with Crippen LogP contribution in [0.25, 0.3) is 0 Å². The van der Waals surface area contributed by atoms with Gasteiger partial charge in [-0.3, -0.25) is 9.59 Å². The highest BCUT2D eigenvalue weighted by Gasteiger charge is 2.31. The molecule has 0 aliphatic heterocycles. The van der Waals surface area contributed by atoms with E-state index in [9.17, 15) is 19.5 Å². The van der Waals surface area contributed by atoms with Crippen molar-refractivity contribution in [2.75, 3.05) is 41.0 Å². The van der Waals surface area contributed by atoms with Crippen LogP contribution >= 0.6 is 0 Å². The molecule has 0 radical (unpaired) electrons. The van der Waals surface area contributed by atoms with Crippen molar-refractivity contribution in [3.05, 3.63) is 48.6 Å². The molecule has 8 nitrogen and oxygen atoms in total. The molecular formula is C47H84NO7+. The van der Waals surface area contributed by atoms with Crippen LogP contribution in [-0.4, -0.2) is 80.6 Å². The second kappa shape index (κ2) is 38.2. The van der Waals surface area contributed by atoms with Gasteiger partial charge in [-0.05, 0) is 38.5 Å². The number of unbranched alkanes of at least 4 members (excludes halogenated alkanes) is 20. The first-order valence-corrected chi connectivity index (χ1v) is 22.2. The summed E-state index contributed by atoms with van der Waals surface area (Å²) in [7, 11) is 5.51. The standard InChI is InChI=1S/C47H83NO7/c1-6-8-10-12-14-16-18-20-21-22-23-24-26-28-30-32-34-36-38-46(50)55-43(41-53-40-39-44(47(51)52)48(3,4)5)42-54-45(49)37-35-33-31-29-27-25-19-17-15-13-11-9-7-2/h14,16,18,20-24,43-44H,6-13,15,17,19,25-42H2,1-5H3/p+1/b16-14+,20-18+,22-21+,24-23+. The summed E-state index contributed by atoms with van der Waals surface area (Å²) in [6, 6.07) is -0.619. The lowest BCUT2D eigenvalue weighted by Gasteiger charge is -2.31. The molecule has 0 fully saturated rings. The molecule has 0 spiro atoms. The molecule has 0 bridgehead atoms. The van der Waals surface area contributed by atoms with Gasteiger partial charge in [-0.25, -0.2) is 4.79 Å². The average Bonchev–Trinajstić information content (AvgIpc) is 3.14. The van der Waals surface area contributed by atoms with Gasteiger partial charge >= 0.3 is 17.9 Å². The summed E-state index contributed by atoms with van der Waals surface area (Å²) >= 11 is 0. The molecule has 318 valence electrons. The van der Waals surface area contributed by atoms with Crippen LogP contribution in [0.3, 0.4) is 0 Å². The van der Waals surface area contributed by atoms with Crippen molar-refractivity contribution in [2.45, 2.75) is 193 Å². The third-order valence-electron chi connectivity index (χ3n) is 9.83. The van der Waals surface area contributed by atoms with Gasteiger partial charge in [0.2, 0.25) is 0 Å². The van der Waals surface area contributed by atoms with Crippen molar-refractivity contribution in [1.29, 1.82) is 0 Å². The first-order valence-electron chi connectivity index (χ1n) is 22.2. The molecule has 0 aromatic heterocycles. The fourth-order valence-corrected chi connectivity index (χ4v) is 6.34. The molecular weight excluding hydrogens is 691 g/mol. The first kappa shape index (κ1) is 52.3. The molecule has 0 heterocycles. The summed E-state index contributed by atoms with van der Waals surface area (Å²) in [6.45, 7) is 4.67. The zero-order chi connectivity index (χ0) is 40.7. The highest BCUT2D eigenvalue weighted by Crippen LogP contribution is 2.14. The van der Waals surface area contributed by atoms with Crippen molar-refractivity contribution < 1.29 is 38.2 Å². The number of carboxylic acid groups (broad SMARTS) is 1. The molecule has 0 saturated heterocycles. The molecule has 0 aliphatic carbocycles. The van der Waals surface area contributed by atoms with E-state index in [2.05, 4.69) is 62.5 Å². The maximum atomic E-state index is 12.7. The Hall–Kier alpha value is -2.71. The number of allylic oxidation sites excluding steroid dienone is 8. The van der Waals surface area contributed by atoms with Crippen molar-refractivity contribution in [2.24, 2.45) is 0 Å². The van der Waals surface area contributed by atoms with Crippen LogP contribution in [0, 0.1) is 0 Å². The molecule has 8 heteroatoms. The zero-order valence-corrected chi connectivity index (χ0v) is 36.1. The minimum Gasteiger partial charge on any atom is -0.477 e. The minimum atomic E-state index is -0.880. The summed E-state index contributed by atoms with van der Waals surface area (Å²) in [4.78, 5) is 37.0. The topological polar surface area (TPSA) is 99.1 Å². The van der Waals surface area contributed by atoms with Gasteiger partial charge in [0.15, 0.2) is 12.1 Å². The van der Waals surface area contributed by atoms with E-state index in [4.69, 9.17) is 14.2 Å². The minimum absolute atomic E-state index is 0.0520. The van der Waals surface area contributed by atoms with Crippen molar-refractivity contribution >= 4 is 17.9 Å². The summed E-state index contributed by atoms with van der Waals surface area (Å²) in [5, 5.41) is 9.61. The maximum absolute atomic E-state index is 12.7. The van der Waals surface area contributed by atoms with E-state index in [1.807, 2.05) is 21.1 Å². The number of quaternary nitrogens is 1. The van der Waals surface area contributed by atoms with E-state index in [1.54, 1.807) is 0 Å². The van der Waals surface area contributed by atoms with Gasteiger partial charge in [0.1, 0.15) is 6.61 Å². The normalized spacial score (nSPS) is 13.4. The SMILES string of the molecule is CCCCC/C=C/C=C/C=C/C=C/CCCCCCCC(=O)OC(COCCC(C(=O)O)[N+](C)(C)C)COC(=O)CCCCCCCCCCCCCCC. The lowest BCUT2D eigenvalue weighted by atomic mass is 10.0. The third kappa shape index (κ3) is 36.7. The maximum Gasteiger partial charge on any atom is 0.362 e. The Kier molecular flexibility index (Phi) is 36.3. The Morgan fingerprint density at radius 3 is 1.45 bits per heavy atom. The van der Waals surface area contributed by atoms with Gasteiger partial charge in [0.05, 0.1) is 34.4 Å². The second-order valence-electron chi connectivity index (χ2n) is 16.0. The van der Waals surface area contributed by atoms with Crippen LogP contribution < -0.4 is 0 Å². The summed E-state index contributed by atoms with van der Waals surface area (Å²) in [5.74, 6) is -1.50. The number of hydrogen-bond acceptors (Lipinski definition) is 6. The highest BCUT2D eigenvalue weighted by molar-refractivity contribution is 5.72. The number of esters is 2. The fraction of sp³-hybridized carbons (Fsp3) is 0.766. The van der Waals surface area contributed by atoms with E-state index >= 15 is 0 Å². The number of carboxylic acids is 1. The zero-order valence-electron chi connectivity index (χ0n) is 36.1. The molecule has 2 unspecified atom stereocenters. The van der Waals surface area contributed by atoms with Crippen molar-refractivity contribution in [3.63, 3.8) is 0 Å². The quantitative estimate of drug-likeness (QED) is 0.0287. The lowest BCUT2D eigenvalue weighted by molar-refractivity contribution is -0.887. The number of nitrogens with zero attached hydrogens (tertiary/aromatic N) is 1. The Bertz CT molecular complexity index is 1040. The molecule has 0 aromatic rings. The first-order chi connectivity index (χ1) is 26.6. The number of ether oxygens (including phenoxy) is 3. The Balaban J connectivity index is 4.40. The molecule has 0 aliphatic rings. The Labute approximate surface area is 337 Å². The molecule has 2 atom stereocenters. The smallest absolute Gasteiger partial charge is 0.362 e. The largest absolute Gasteiger partial charge is 0.477 e. The molecule has 55 heavy (non-hydrogen) atoms. The molecule has 0 amide bonds. The second-order valence-corrected chi connectivity index (χ2v) is 16.0. The predicted molar refractivity (Wildman–Crippen MR) is 229 cm³/mol. The van der Waals surface area contributed by atoms with Gasteiger partial charge in [0, 0.05) is 19.3 Å². The number of carbonyl (C=O) groups is 3. The van der Waals surface area contributed by atoms with Crippen LogP contribution in [-0.2, 0) is 28.6 Å². The van der Waals surface area contributed by atoms with Crippen LogP contribution in [0.5, 0.6) is 0 Å². The van der Waals surface area contributed by atoms with Crippen LogP contribution in [0.4, 0.5) is 0 Å². The van der Waals surface area contributed by atoms with Gasteiger partial charge in [-0.1, -0.05) is 172 Å². The molecule has 0 rings (SSSR count). The number of carbonyl (C=O) groups excluding carboxylic acids is 2. The van der Waals surface area contributed by atoms with E-state index in [-0.39, 0.29) is 36.2 Å². The predicted octanol–water partition coefficient (Wildman–Crippen LogP) is 12.0. The van der Waals surface area contributed by atoms with Crippen LogP contribution in [0.1, 0.15) is 181 Å². The monoisotopic (exact) mass is 775 g/mol. The van der Waals surface area contributed by atoms with Crippen LogP contribution in [0.15, 0.2) is 48.6 Å². The number of likely N-dealkylation sites (N-methyl/N-ethyl adjacent to an activating group) is 1. The summed E-state index contributed by atoms with van der Waals surface area (Å²) in [5.41, 5.74) is 0. The van der Waals surface area contributed by atoms with Gasteiger partial charge in [0.25, 0.3) is 0 Å². The highest BCUT2D eigenvalue weighted by atomic mass is 16.6. The molecule has 0 saturated carbocycles. The summed E-state index contributed by atoms with van der Waals surface area (Å²) < 4.78 is 17.3. The number of aliphatic carboxylic acids is 1. The third-order valence-corrected chi connectivity index (χ3v) is 9.83. The van der Waals surface area contributed by atoms with E-state index in [0.717, 1.165) is 64.2 Å². The molecule has 0 aromatic carbocycles. The van der Waals surface area contributed by atoms with Crippen molar-refractivity contribution in [1.82, 2.24) is 0 Å². The van der Waals surface area contributed by atoms with E-state index in [0.29, 0.717) is 19.3 Å².